The molecule has 2 N–H and O–H groups in total. The van der Waals surface area contributed by atoms with Gasteiger partial charge in [-0.1, -0.05) is 26.0 Å². The zero-order chi connectivity index (χ0) is 20.5. The van der Waals surface area contributed by atoms with Crippen molar-refractivity contribution in [2.24, 2.45) is 0 Å². The van der Waals surface area contributed by atoms with Crippen LogP contribution in [0.15, 0.2) is 42.5 Å². The van der Waals surface area contributed by atoms with E-state index in [1.165, 1.54) is 5.56 Å². The van der Waals surface area contributed by atoms with Crippen LogP contribution in [0.1, 0.15) is 41.3 Å². The fraction of sp³-hybridized carbons (Fsp3) is 0.364. The second-order valence-corrected chi connectivity index (χ2v) is 6.74. The highest BCUT2D eigenvalue weighted by Gasteiger charge is 2.10. The second-order valence-electron chi connectivity index (χ2n) is 6.74. The van der Waals surface area contributed by atoms with Crippen LogP contribution in [-0.4, -0.2) is 39.1 Å². The minimum Gasteiger partial charge on any atom is -0.497 e. The maximum absolute atomic E-state index is 12.2. The zero-order valence-electron chi connectivity index (χ0n) is 16.9. The summed E-state index contributed by atoms with van der Waals surface area (Å²) in [5, 5.41) is 5.44. The molecule has 0 aliphatic heterocycles. The lowest BCUT2D eigenvalue weighted by molar-refractivity contribution is -0.120. The summed E-state index contributed by atoms with van der Waals surface area (Å²) in [5.74, 6) is 1.38. The van der Waals surface area contributed by atoms with Crippen molar-refractivity contribution in [1.82, 2.24) is 10.6 Å². The number of hydrogen-bond acceptors (Lipinski definition) is 4. The van der Waals surface area contributed by atoms with Gasteiger partial charge in [0.15, 0.2) is 0 Å². The molecule has 6 heteroatoms. The Balaban J connectivity index is 1.79. The van der Waals surface area contributed by atoms with E-state index in [2.05, 4.69) is 24.5 Å². The molecule has 0 fully saturated rings. The molecule has 0 saturated heterocycles. The van der Waals surface area contributed by atoms with Crippen molar-refractivity contribution < 1.29 is 19.1 Å². The third-order valence-corrected chi connectivity index (χ3v) is 4.45. The third-order valence-electron chi connectivity index (χ3n) is 4.45. The summed E-state index contributed by atoms with van der Waals surface area (Å²) >= 11 is 0. The van der Waals surface area contributed by atoms with Gasteiger partial charge in [-0.25, -0.2) is 0 Å². The van der Waals surface area contributed by atoms with Gasteiger partial charge in [0.1, 0.15) is 11.5 Å². The molecule has 2 aromatic carbocycles. The van der Waals surface area contributed by atoms with E-state index in [0.29, 0.717) is 24.4 Å². The van der Waals surface area contributed by atoms with Crippen LogP contribution in [0.4, 0.5) is 0 Å². The Morgan fingerprint density at radius 1 is 0.964 bits per heavy atom. The maximum atomic E-state index is 12.2. The van der Waals surface area contributed by atoms with Gasteiger partial charge in [-0.2, -0.15) is 0 Å². The lowest BCUT2D eigenvalue weighted by Crippen LogP contribution is -2.37. The van der Waals surface area contributed by atoms with Crippen LogP contribution in [0.2, 0.25) is 0 Å². The molecule has 2 aromatic rings. The van der Waals surface area contributed by atoms with E-state index in [1.807, 2.05) is 30.3 Å². The van der Waals surface area contributed by atoms with E-state index >= 15 is 0 Å². The largest absolute Gasteiger partial charge is 0.497 e. The molecule has 6 nitrogen and oxygen atoms in total. The van der Waals surface area contributed by atoms with Crippen LogP contribution in [0.5, 0.6) is 11.5 Å². The van der Waals surface area contributed by atoms with Gasteiger partial charge in [0.05, 0.1) is 20.8 Å². The van der Waals surface area contributed by atoms with Crippen LogP contribution in [0, 0.1) is 0 Å². The fourth-order valence-corrected chi connectivity index (χ4v) is 2.76. The number of rotatable bonds is 9. The Hall–Kier alpha value is -3.02. The van der Waals surface area contributed by atoms with E-state index < -0.39 is 0 Å². The molecule has 0 aliphatic carbocycles. The molecule has 2 amide bonds. The predicted molar refractivity (Wildman–Crippen MR) is 109 cm³/mol. The standard InChI is InChI=1S/C22H28N2O4/c1-15(2)16-5-7-17(8-6-16)22(26)24-14-21(25)23-12-11-18-13-19(27-3)9-10-20(18)28-4/h5-10,13,15H,11-12,14H2,1-4H3,(H,23,25)(H,24,26). The third kappa shape index (κ3) is 6.01. The number of methoxy groups -OCH3 is 2. The molecule has 0 radical (unpaired) electrons. The molecule has 0 atom stereocenters. The van der Waals surface area contributed by atoms with Crippen molar-refractivity contribution in [1.29, 1.82) is 0 Å². The summed E-state index contributed by atoms with van der Waals surface area (Å²) in [6, 6.07) is 13.0. The van der Waals surface area contributed by atoms with Crippen molar-refractivity contribution in [3.05, 3.63) is 59.2 Å². The van der Waals surface area contributed by atoms with Crippen molar-refractivity contribution in [2.75, 3.05) is 27.3 Å². The Morgan fingerprint density at radius 3 is 2.29 bits per heavy atom. The minimum absolute atomic E-state index is 0.0694. The van der Waals surface area contributed by atoms with Crippen molar-refractivity contribution >= 4 is 11.8 Å². The molecule has 150 valence electrons. The average Bonchev–Trinajstić information content (AvgIpc) is 2.71. The number of carbonyl (C=O) groups excluding carboxylic acids is 2. The normalized spacial score (nSPS) is 10.5. The Bertz CT molecular complexity index is 801. The molecule has 0 aliphatic rings. The lowest BCUT2D eigenvalue weighted by atomic mass is 10.0. The average molecular weight is 384 g/mol. The topological polar surface area (TPSA) is 76.7 Å². The van der Waals surface area contributed by atoms with E-state index in [0.717, 1.165) is 17.1 Å². The summed E-state index contributed by atoms with van der Waals surface area (Å²) in [5.41, 5.74) is 2.65. The van der Waals surface area contributed by atoms with Crippen LogP contribution >= 0.6 is 0 Å². The second kappa shape index (κ2) is 10.3. The quantitative estimate of drug-likeness (QED) is 0.697. The van der Waals surface area contributed by atoms with Crippen LogP contribution in [0.3, 0.4) is 0 Å². The van der Waals surface area contributed by atoms with Gasteiger partial charge in [0.2, 0.25) is 5.91 Å². The van der Waals surface area contributed by atoms with E-state index in [-0.39, 0.29) is 18.4 Å². The molecule has 2 rings (SSSR count). The summed E-state index contributed by atoms with van der Waals surface area (Å²) < 4.78 is 10.5. The van der Waals surface area contributed by atoms with Crippen molar-refractivity contribution in [3.63, 3.8) is 0 Å². The first kappa shape index (κ1) is 21.3. The van der Waals surface area contributed by atoms with E-state index in [1.54, 1.807) is 26.4 Å². The summed E-state index contributed by atoms with van der Waals surface area (Å²) in [6.07, 6.45) is 0.594. The maximum Gasteiger partial charge on any atom is 0.251 e. The molecular formula is C22H28N2O4. The van der Waals surface area contributed by atoms with Gasteiger partial charge >= 0.3 is 0 Å². The number of ether oxygens (including phenoxy) is 2. The number of benzene rings is 2. The first-order valence-electron chi connectivity index (χ1n) is 9.30. The summed E-state index contributed by atoms with van der Waals surface area (Å²) in [7, 11) is 3.21. The first-order valence-corrected chi connectivity index (χ1v) is 9.30. The molecule has 0 aromatic heterocycles. The Labute approximate surface area is 166 Å². The highest BCUT2D eigenvalue weighted by molar-refractivity contribution is 5.96. The van der Waals surface area contributed by atoms with Crippen molar-refractivity contribution in [2.45, 2.75) is 26.2 Å². The summed E-state index contributed by atoms with van der Waals surface area (Å²) in [6.45, 7) is 4.56. The van der Waals surface area contributed by atoms with E-state index in [4.69, 9.17) is 9.47 Å². The molecule has 0 spiro atoms. The zero-order valence-corrected chi connectivity index (χ0v) is 16.9. The highest BCUT2D eigenvalue weighted by atomic mass is 16.5. The molecule has 0 saturated carbocycles. The number of hydrogen-bond donors (Lipinski definition) is 2. The van der Waals surface area contributed by atoms with Gasteiger partial charge in [-0.05, 0) is 53.8 Å². The fourth-order valence-electron chi connectivity index (χ4n) is 2.76. The molecule has 28 heavy (non-hydrogen) atoms. The monoisotopic (exact) mass is 384 g/mol. The highest BCUT2D eigenvalue weighted by Crippen LogP contribution is 2.24. The lowest BCUT2D eigenvalue weighted by Gasteiger charge is -2.11. The van der Waals surface area contributed by atoms with Gasteiger partial charge in [0, 0.05) is 12.1 Å². The molecule has 0 heterocycles. The SMILES string of the molecule is COc1ccc(OC)c(CCNC(=O)CNC(=O)c2ccc(C(C)C)cc2)c1. The van der Waals surface area contributed by atoms with Crippen LogP contribution in [-0.2, 0) is 11.2 Å². The minimum atomic E-state index is -0.264. The van der Waals surface area contributed by atoms with Crippen LogP contribution < -0.4 is 20.1 Å². The Kier molecular flexibility index (Phi) is 7.87. The first-order chi connectivity index (χ1) is 13.4. The van der Waals surface area contributed by atoms with Crippen molar-refractivity contribution in [3.8, 4) is 11.5 Å². The van der Waals surface area contributed by atoms with Gasteiger partial charge in [-0.3, -0.25) is 9.59 Å². The molecular weight excluding hydrogens is 356 g/mol. The predicted octanol–water partition coefficient (Wildman–Crippen LogP) is 2.92. The van der Waals surface area contributed by atoms with Gasteiger partial charge < -0.3 is 20.1 Å². The van der Waals surface area contributed by atoms with Gasteiger partial charge in [0.25, 0.3) is 5.91 Å². The summed E-state index contributed by atoms with van der Waals surface area (Å²) in [4.78, 5) is 24.2. The molecule has 0 unspecified atom stereocenters. The Morgan fingerprint density at radius 2 is 1.68 bits per heavy atom. The number of carbonyl (C=O) groups is 2. The van der Waals surface area contributed by atoms with E-state index in [9.17, 15) is 9.59 Å². The number of nitrogens with one attached hydrogen (secondary N) is 2. The number of amides is 2. The van der Waals surface area contributed by atoms with Gasteiger partial charge in [-0.15, -0.1) is 0 Å². The van der Waals surface area contributed by atoms with Crippen LogP contribution in [0.25, 0.3) is 0 Å². The molecule has 0 bridgehead atoms. The smallest absolute Gasteiger partial charge is 0.251 e.